The zero-order valence-electron chi connectivity index (χ0n) is 41.7. The second kappa shape index (κ2) is 22.7. The normalized spacial score (nSPS) is 11.5. The van der Waals surface area contributed by atoms with Crippen LogP contribution in [0.3, 0.4) is 0 Å². The maximum atomic E-state index is 12.9. The van der Waals surface area contributed by atoms with Crippen molar-refractivity contribution in [1.82, 2.24) is 0 Å². The van der Waals surface area contributed by atoms with E-state index in [4.69, 9.17) is 14.2 Å². The van der Waals surface area contributed by atoms with Gasteiger partial charge in [0.1, 0.15) is 13.2 Å². The summed E-state index contributed by atoms with van der Waals surface area (Å²) in [7, 11) is 0. The highest BCUT2D eigenvalue weighted by atomic mass is 19.4. The molecule has 0 amide bonds. The van der Waals surface area contributed by atoms with Gasteiger partial charge < -0.3 is 14.2 Å². The van der Waals surface area contributed by atoms with E-state index in [1.54, 1.807) is 20.8 Å². The predicted molar refractivity (Wildman–Crippen MR) is 288 cm³/mol. The van der Waals surface area contributed by atoms with E-state index in [9.17, 15) is 27.6 Å². The summed E-state index contributed by atoms with van der Waals surface area (Å²) < 4.78 is 55.0. The average Bonchev–Trinajstić information content (AvgIpc) is 3.38. The molecular weight excluding hydrogens is 922 g/mol. The SMILES string of the molecule is C=C(C)C(=O)OCCCCCc1ccc(-c2cc(-c3ccc(CCCCC(F)(F)F)cc3)c3ccc4c(-c5ccc(COC(=O)C(=C)C)cc5)cc(-c5ccc(COC(=O)C(=C)C)cc5)c5ccc2c3c54)cc1. The van der Waals surface area contributed by atoms with Gasteiger partial charge in [-0.05, 0) is 177 Å². The molecule has 0 aliphatic carbocycles. The van der Waals surface area contributed by atoms with Crippen LogP contribution in [-0.2, 0) is 54.6 Å². The number of unbranched alkanes of at least 4 members (excludes halogenated alkanes) is 3. The zero-order chi connectivity index (χ0) is 51.8. The van der Waals surface area contributed by atoms with Gasteiger partial charge in [0.05, 0.1) is 6.61 Å². The molecule has 0 N–H and O–H groups in total. The molecule has 8 rings (SSSR count). The fourth-order valence-corrected chi connectivity index (χ4v) is 9.31. The number of rotatable bonds is 21. The van der Waals surface area contributed by atoms with E-state index in [0.717, 1.165) is 119 Å². The first-order valence-electron chi connectivity index (χ1n) is 24.7. The first kappa shape index (κ1) is 51.6. The van der Waals surface area contributed by atoms with Crippen molar-refractivity contribution in [1.29, 1.82) is 0 Å². The van der Waals surface area contributed by atoms with Gasteiger partial charge in [-0.25, -0.2) is 14.4 Å². The summed E-state index contributed by atoms with van der Waals surface area (Å²) in [5.41, 5.74) is 13.1. The number of carbonyl (C=O) groups excluding carboxylic acids is 3. The van der Waals surface area contributed by atoms with Crippen LogP contribution < -0.4 is 0 Å². The Morgan fingerprint density at radius 1 is 0.411 bits per heavy atom. The number of halogens is 3. The average molecular weight is 981 g/mol. The Kier molecular flexibility index (Phi) is 16.1. The Morgan fingerprint density at radius 3 is 1.05 bits per heavy atom. The summed E-state index contributed by atoms with van der Waals surface area (Å²) in [6.07, 6.45) is -0.324. The lowest BCUT2D eigenvalue weighted by Crippen LogP contribution is -2.06. The van der Waals surface area contributed by atoms with Crippen LogP contribution in [-0.4, -0.2) is 30.7 Å². The molecule has 0 radical (unpaired) electrons. The van der Waals surface area contributed by atoms with E-state index in [1.165, 1.54) is 5.56 Å². The molecule has 0 spiro atoms. The maximum absolute atomic E-state index is 12.9. The van der Waals surface area contributed by atoms with E-state index >= 15 is 0 Å². The van der Waals surface area contributed by atoms with Crippen molar-refractivity contribution in [2.24, 2.45) is 0 Å². The Balaban J connectivity index is 1.25. The molecule has 0 fully saturated rings. The van der Waals surface area contributed by atoms with Gasteiger partial charge in [-0.1, -0.05) is 141 Å². The number of benzene rings is 8. The summed E-state index contributed by atoms with van der Waals surface area (Å²) in [6, 6.07) is 46.4. The number of carbonyl (C=O) groups is 3. The van der Waals surface area contributed by atoms with Gasteiger partial charge in [0.25, 0.3) is 0 Å². The standard InChI is InChI=1S/C64H59F3O6/c1-40(2)61(68)71-35-11-7-8-12-43-14-22-47(23-15-43)55-36-56(48-24-16-44(17-25-48)13-9-10-34-64(65,66)67)52-31-33-54-58(50-28-20-46(21-29-50)39-73-63(70)42(5)6)37-57(53-32-30-51(55)59(52)60(53)54)49-26-18-45(19-27-49)38-72-62(69)41(3)4/h14-33,36-37H,1,3,5,7-13,34-35,38-39H2,2,4,6H3. The molecule has 0 bridgehead atoms. The van der Waals surface area contributed by atoms with Crippen molar-refractivity contribution in [2.45, 2.75) is 91.5 Å². The number of esters is 3. The zero-order valence-corrected chi connectivity index (χ0v) is 41.7. The van der Waals surface area contributed by atoms with Gasteiger partial charge in [-0.15, -0.1) is 0 Å². The van der Waals surface area contributed by atoms with Gasteiger partial charge in [0.15, 0.2) is 0 Å². The quantitative estimate of drug-likeness (QED) is 0.0235. The third kappa shape index (κ3) is 12.5. The summed E-state index contributed by atoms with van der Waals surface area (Å²) >= 11 is 0. The summed E-state index contributed by atoms with van der Waals surface area (Å²) in [5.74, 6) is -1.25. The van der Waals surface area contributed by atoms with Gasteiger partial charge in [0, 0.05) is 23.1 Å². The minimum atomic E-state index is -4.16. The second-order valence-corrected chi connectivity index (χ2v) is 19.1. The van der Waals surface area contributed by atoms with Crippen LogP contribution in [0, 0.1) is 0 Å². The van der Waals surface area contributed by atoms with Crippen molar-refractivity contribution < 1.29 is 41.8 Å². The second-order valence-electron chi connectivity index (χ2n) is 19.1. The van der Waals surface area contributed by atoms with E-state index in [2.05, 4.69) is 117 Å². The van der Waals surface area contributed by atoms with Crippen LogP contribution >= 0.6 is 0 Å². The molecule has 6 nitrogen and oxygen atoms in total. The molecule has 0 aromatic heterocycles. The van der Waals surface area contributed by atoms with Crippen LogP contribution in [0.4, 0.5) is 13.2 Å². The first-order chi connectivity index (χ1) is 35.0. The molecule has 0 aliphatic rings. The van der Waals surface area contributed by atoms with Crippen molar-refractivity contribution >= 4 is 50.2 Å². The number of aryl methyl sites for hydroxylation is 2. The molecule has 0 unspecified atom stereocenters. The molecule has 372 valence electrons. The predicted octanol–water partition coefficient (Wildman–Crippen LogP) is 16.6. The van der Waals surface area contributed by atoms with Gasteiger partial charge in [-0.3, -0.25) is 0 Å². The summed E-state index contributed by atoms with van der Waals surface area (Å²) in [6.45, 7) is 16.5. The molecule has 8 aromatic rings. The largest absolute Gasteiger partial charge is 0.462 e. The Bertz CT molecular complexity index is 3240. The number of ether oxygens (including phenoxy) is 3. The first-order valence-corrected chi connectivity index (χ1v) is 24.7. The van der Waals surface area contributed by atoms with Crippen LogP contribution in [0.25, 0.3) is 76.8 Å². The molecule has 0 saturated heterocycles. The Morgan fingerprint density at radius 2 is 0.726 bits per heavy atom. The van der Waals surface area contributed by atoms with Crippen molar-refractivity contribution in [3.05, 3.63) is 192 Å². The molecule has 8 aromatic carbocycles. The van der Waals surface area contributed by atoms with Gasteiger partial charge in [-0.2, -0.15) is 13.2 Å². The Hall–Kier alpha value is -7.78. The summed E-state index contributed by atoms with van der Waals surface area (Å²) in [4.78, 5) is 36.3. The minimum absolute atomic E-state index is 0.0867. The molecular formula is C64H59F3O6. The smallest absolute Gasteiger partial charge is 0.389 e. The van der Waals surface area contributed by atoms with Gasteiger partial charge in [0.2, 0.25) is 0 Å². The lowest BCUT2D eigenvalue weighted by molar-refractivity contribution is -0.141. The van der Waals surface area contributed by atoms with Crippen LogP contribution in [0.1, 0.15) is 81.5 Å². The summed E-state index contributed by atoms with van der Waals surface area (Å²) in [5, 5.41) is 6.46. The van der Waals surface area contributed by atoms with Crippen LogP contribution in [0.5, 0.6) is 0 Å². The minimum Gasteiger partial charge on any atom is -0.462 e. The van der Waals surface area contributed by atoms with Crippen LogP contribution in [0.2, 0.25) is 0 Å². The van der Waals surface area contributed by atoms with E-state index < -0.39 is 24.5 Å². The van der Waals surface area contributed by atoms with Crippen molar-refractivity contribution in [2.75, 3.05) is 6.61 Å². The highest BCUT2D eigenvalue weighted by Crippen LogP contribution is 2.48. The fraction of sp³-hybridized carbons (Fsp3) is 0.234. The number of hydrogen-bond acceptors (Lipinski definition) is 6. The molecule has 73 heavy (non-hydrogen) atoms. The third-order valence-corrected chi connectivity index (χ3v) is 13.3. The van der Waals surface area contributed by atoms with Gasteiger partial charge >= 0.3 is 24.1 Å². The number of alkyl halides is 3. The Labute approximate surface area is 425 Å². The maximum Gasteiger partial charge on any atom is 0.389 e. The molecule has 0 saturated carbocycles. The highest BCUT2D eigenvalue weighted by molar-refractivity contribution is 6.32. The molecule has 0 heterocycles. The molecule has 9 heteroatoms. The highest BCUT2D eigenvalue weighted by Gasteiger charge is 2.26. The van der Waals surface area contributed by atoms with E-state index in [1.807, 2.05) is 36.4 Å². The lowest BCUT2D eigenvalue weighted by atomic mass is 9.81. The fourth-order valence-electron chi connectivity index (χ4n) is 9.31. The van der Waals surface area contributed by atoms with E-state index in [-0.39, 0.29) is 25.6 Å². The van der Waals surface area contributed by atoms with Crippen LogP contribution in [0.15, 0.2) is 170 Å². The molecule has 0 atom stereocenters. The van der Waals surface area contributed by atoms with Crippen molar-refractivity contribution in [3.63, 3.8) is 0 Å². The topological polar surface area (TPSA) is 78.9 Å². The van der Waals surface area contributed by atoms with Crippen molar-refractivity contribution in [3.8, 4) is 44.5 Å². The number of hydrogen-bond donors (Lipinski definition) is 0. The molecule has 0 aliphatic heterocycles. The monoisotopic (exact) mass is 980 g/mol. The lowest BCUT2D eigenvalue weighted by Gasteiger charge is -2.22. The third-order valence-electron chi connectivity index (χ3n) is 13.3. The van der Waals surface area contributed by atoms with E-state index in [0.29, 0.717) is 36.2 Å².